The fourth-order valence-electron chi connectivity index (χ4n) is 3.13. The highest BCUT2D eigenvalue weighted by Crippen LogP contribution is 2.36. The minimum absolute atomic E-state index is 0.0727. The molecule has 5 heteroatoms. The Morgan fingerprint density at radius 3 is 2.58 bits per heavy atom. The summed E-state index contributed by atoms with van der Waals surface area (Å²) in [5, 5.41) is 19.9. The van der Waals surface area contributed by atoms with Gasteiger partial charge in [0.15, 0.2) is 5.88 Å². The molecule has 0 unspecified atom stereocenters. The summed E-state index contributed by atoms with van der Waals surface area (Å²) in [6, 6.07) is 19.0. The molecular formula is C21H16N2O3. The normalized spacial score (nSPS) is 13.9. The van der Waals surface area contributed by atoms with Gasteiger partial charge in [0.2, 0.25) is 0 Å². The Bertz CT molecular complexity index is 1050. The highest BCUT2D eigenvalue weighted by Gasteiger charge is 2.18. The van der Waals surface area contributed by atoms with E-state index in [1.54, 1.807) is 12.3 Å². The van der Waals surface area contributed by atoms with Crippen LogP contribution in [0.4, 0.5) is 5.69 Å². The number of hydrogen-bond donors (Lipinski definition) is 2. The predicted octanol–water partition coefficient (Wildman–Crippen LogP) is 4.20. The monoisotopic (exact) mass is 344 g/mol. The number of aromatic nitrogens is 1. The molecule has 128 valence electrons. The number of aliphatic imine (C=N–C) groups is 1. The molecule has 5 nitrogen and oxygen atoms in total. The molecule has 1 aliphatic rings. The number of carbonyl (C=O) groups is 1. The Morgan fingerprint density at radius 2 is 1.81 bits per heavy atom. The average molecular weight is 344 g/mol. The third-order valence-electron chi connectivity index (χ3n) is 4.33. The van der Waals surface area contributed by atoms with Crippen molar-refractivity contribution in [2.24, 2.45) is 4.99 Å². The molecule has 0 amide bonds. The van der Waals surface area contributed by atoms with Crippen molar-refractivity contribution in [1.82, 2.24) is 4.57 Å². The number of carboxylic acid groups (broad SMARTS) is 1. The van der Waals surface area contributed by atoms with Crippen molar-refractivity contribution in [1.29, 1.82) is 0 Å². The maximum Gasteiger partial charge on any atom is 0.323 e. The third kappa shape index (κ3) is 2.80. The standard InChI is InChI=1S/C21H16N2O3/c24-20(25)13-23-19(14-6-2-1-3-7-14)11-15(21(23)26)10-16-12-22-18-9-5-4-8-17(16)18/h1-12,26H,13H2,(H,24,25)/b16-10+. The van der Waals surface area contributed by atoms with Crippen molar-refractivity contribution in [2.45, 2.75) is 6.54 Å². The zero-order valence-corrected chi connectivity index (χ0v) is 13.8. The van der Waals surface area contributed by atoms with Gasteiger partial charge in [-0.2, -0.15) is 0 Å². The first-order chi connectivity index (χ1) is 12.6. The van der Waals surface area contributed by atoms with Crippen molar-refractivity contribution in [2.75, 3.05) is 0 Å². The minimum Gasteiger partial charge on any atom is -0.494 e. The molecule has 2 aromatic carbocycles. The Hall–Kier alpha value is -3.60. The second-order valence-corrected chi connectivity index (χ2v) is 6.03. The van der Waals surface area contributed by atoms with E-state index in [1.807, 2.05) is 60.7 Å². The third-order valence-corrected chi connectivity index (χ3v) is 4.33. The first-order valence-electron chi connectivity index (χ1n) is 8.18. The quantitative estimate of drug-likeness (QED) is 0.745. The van der Waals surface area contributed by atoms with Crippen LogP contribution in [-0.4, -0.2) is 27.0 Å². The van der Waals surface area contributed by atoms with Gasteiger partial charge >= 0.3 is 5.97 Å². The van der Waals surface area contributed by atoms with E-state index in [4.69, 9.17) is 0 Å². The Morgan fingerprint density at radius 1 is 1.08 bits per heavy atom. The molecule has 0 atom stereocenters. The molecule has 0 saturated carbocycles. The maximum absolute atomic E-state index is 11.3. The molecule has 1 aromatic heterocycles. The van der Waals surface area contributed by atoms with E-state index in [2.05, 4.69) is 4.99 Å². The number of rotatable bonds is 4. The summed E-state index contributed by atoms with van der Waals surface area (Å²) < 4.78 is 1.40. The number of para-hydroxylation sites is 1. The van der Waals surface area contributed by atoms with E-state index in [0.717, 1.165) is 22.4 Å². The van der Waals surface area contributed by atoms with E-state index in [1.165, 1.54) is 4.57 Å². The second-order valence-electron chi connectivity index (χ2n) is 6.03. The molecule has 3 aromatic rings. The summed E-state index contributed by atoms with van der Waals surface area (Å²) in [5.41, 5.74) is 4.80. The minimum atomic E-state index is -1.01. The fourth-order valence-corrected chi connectivity index (χ4v) is 3.13. The van der Waals surface area contributed by atoms with E-state index >= 15 is 0 Å². The summed E-state index contributed by atoms with van der Waals surface area (Å²) >= 11 is 0. The van der Waals surface area contributed by atoms with Crippen LogP contribution in [-0.2, 0) is 11.3 Å². The van der Waals surface area contributed by atoms with Crippen LogP contribution in [0.2, 0.25) is 0 Å². The van der Waals surface area contributed by atoms with E-state index in [9.17, 15) is 15.0 Å². The van der Waals surface area contributed by atoms with Gasteiger partial charge in [-0.1, -0.05) is 48.5 Å². The van der Waals surface area contributed by atoms with Crippen molar-refractivity contribution in [3.63, 3.8) is 0 Å². The number of fused-ring (bicyclic) bond motifs is 1. The lowest BCUT2D eigenvalue weighted by Crippen LogP contribution is -2.09. The predicted molar refractivity (Wildman–Crippen MR) is 102 cm³/mol. The lowest BCUT2D eigenvalue weighted by Gasteiger charge is -2.07. The van der Waals surface area contributed by atoms with Gasteiger partial charge in [-0.3, -0.25) is 9.79 Å². The molecule has 0 aliphatic carbocycles. The fraction of sp³-hybridized carbons (Fsp3) is 0.0476. The van der Waals surface area contributed by atoms with Gasteiger partial charge < -0.3 is 14.8 Å². The molecule has 4 rings (SSSR count). The number of allylic oxidation sites excluding steroid dienone is 1. The van der Waals surface area contributed by atoms with Crippen LogP contribution in [0.15, 0.2) is 65.7 Å². The number of aromatic hydroxyl groups is 1. The Kier molecular flexibility index (Phi) is 3.89. The van der Waals surface area contributed by atoms with Crippen LogP contribution in [0.1, 0.15) is 11.1 Å². The number of benzene rings is 2. The van der Waals surface area contributed by atoms with Crippen LogP contribution in [0, 0.1) is 0 Å². The van der Waals surface area contributed by atoms with E-state index in [0.29, 0.717) is 11.3 Å². The molecule has 0 spiro atoms. The summed E-state index contributed by atoms with van der Waals surface area (Å²) in [5.74, 6) is -1.09. The molecule has 2 N–H and O–H groups in total. The van der Waals surface area contributed by atoms with Gasteiger partial charge in [-0.15, -0.1) is 0 Å². The summed E-state index contributed by atoms with van der Waals surface area (Å²) in [6.45, 7) is -0.316. The number of carboxylic acids is 1. The molecule has 0 fully saturated rings. The molecule has 0 saturated heterocycles. The van der Waals surface area contributed by atoms with E-state index < -0.39 is 5.97 Å². The smallest absolute Gasteiger partial charge is 0.323 e. The SMILES string of the molecule is O=C(O)Cn1c(-c2ccccc2)cc(/C=C2\C=Nc3ccccc32)c1O. The Labute approximate surface area is 150 Å². The van der Waals surface area contributed by atoms with Crippen molar-refractivity contribution >= 4 is 29.5 Å². The summed E-state index contributed by atoms with van der Waals surface area (Å²) in [7, 11) is 0. The van der Waals surface area contributed by atoms with Gasteiger partial charge in [-0.05, 0) is 23.8 Å². The van der Waals surface area contributed by atoms with Crippen LogP contribution in [0.3, 0.4) is 0 Å². The molecule has 0 bridgehead atoms. The molecule has 0 radical (unpaired) electrons. The summed E-state index contributed by atoms with van der Waals surface area (Å²) in [6.07, 6.45) is 3.58. The van der Waals surface area contributed by atoms with Gasteiger partial charge in [0.25, 0.3) is 0 Å². The molecule has 2 heterocycles. The zero-order valence-electron chi connectivity index (χ0n) is 13.8. The van der Waals surface area contributed by atoms with Gasteiger partial charge in [0.1, 0.15) is 6.54 Å². The first kappa shape index (κ1) is 15.9. The molecule has 26 heavy (non-hydrogen) atoms. The van der Waals surface area contributed by atoms with Crippen LogP contribution in [0.5, 0.6) is 5.88 Å². The van der Waals surface area contributed by atoms with Crippen molar-refractivity contribution in [3.8, 4) is 17.1 Å². The molecular weight excluding hydrogens is 328 g/mol. The Balaban J connectivity index is 1.84. The van der Waals surface area contributed by atoms with Crippen molar-refractivity contribution < 1.29 is 15.0 Å². The maximum atomic E-state index is 11.3. The topological polar surface area (TPSA) is 74.8 Å². The number of nitrogens with zero attached hydrogens (tertiary/aromatic N) is 2. The van der Waals surface area contributed by atoms with Crippen molar-refractivity contribution in [3.05, 3.63) is 71.8 Å². The summed E-state index contributed by atoms with van der Waals surface area (Å²) in [4.78, 5) is 15.6. The van der Waals surface area contributed by atoms with Crippen LogP contribution in [0.25, 0.3) is 22.9 Å². The largest absolute Gasteiger partial charge is 0.494 e. The second kappa shape index (κ2) is 6.37. The van der Waals surface area contributed by atoms with Gasteiger partial charge in [0, 0.05) is 22.9 Å². The highest BCUT2D eigenvalue weighted by molar-refractivity contribution is 6.21. The number of hydrogen-bond acceptors (Lipinski definition) is 3. The lowest BCUT2D eigenvalue weighted by atomic mass is 10.0. The van der Waals surface area contributed by atoms with Crippen LogP contribution < -0.4 is 0 Å². The zero-order chi connectivity index (χ0) is 18.1. The first-order valence-corrected chi connectivity index (χ1v) is 8.18. The van der Waals surface area contributed by atoms with Crippen LogP contribution >= 0.6 is 0 Å². The van der Waals surface area contributed by atoms with Gasteiger partial charge in [-0.25, -0.2) is 0 Å². The van der Waals surface area contributed by atoms with Gasteiger partial charge in [0.05, 0.1) is 11.4 Å². The highest BCUT2D eigenvalue weighted by atomic mass is 16.4. The number of aliphatic carboxylic acids is 1. The average Bonchev–Trinajstić information content (AvgIpc) is 3.19. The lowest BCUT2D eigenvalue weighted by molar-refractivity contribution is -0.137. The van der Waals surface area contributed by atoms with E-state index in [-0.39, 0.29) is 12.4 Å². The molecule has 1 aliphatic heterocycles.